The van der Waals surface area contributed by atoms with E-state index in [0.717, 1.165) is 49.8 Å². The Bertz CT molecular complexity index is 776. The van der Waals surface area contributed by atoms with Crippen LogP contribution in [0.2, 0.25) is 0 Å². The number of hydrogen-bond donors (Lipinski definition) is 1. The van der Waals surface area contributed by atoms with Gasteiger partial charge in [-0.1, -0.05) is 12.1 Å². The molecule has 0 saturated carbocycles. The second-order valence-corrected chi connectivity index (χ2v) is 6.56. The van der Waals surface area contributed by atoms with E-state index in [9.17, 15) is 10.1 Å². The first-order valence-electron chi connectivity index (χ1n) is 9.12. The van der Waals surface area contributed by atoms with Crippen LogP contribution in [-0.4, -0.2) is 49.3 Å². The topological polar surface area (TPSA) is 76.9 Å². The third kappa shape index (κ3) is 5.67. The maximum absolute atomic E-state index is 10.9. The number of nitro benzene ring substituents is 1. The molecule has 0 amide bonds. The molecule has 0 atom stereocenters. The lowest BCUT2D eigenvalue weighted by Crippen LogP contribution is -2.38. The van der Waals surface area contributed by atoms with Gasteiger partial charge in [-0.15, -0.1) is 0 Å². The van der Waals surface area contributed by atoms with Crippen molar-refractivity contribution in [1.29, 1.82) is 0 Å². The van der Waals surface area contributed by atoms with Crippen LogP contribution in [0.4, 0.5) is 11.4 Å². The minimum atomic E-state index is -0.364. The van der Waals surface area contributed by atoms with Gasteiger partial charge < -0.3 is 14.8 Å². The molecule has 2 aromatic carbocycles. The lowest BCUT2D eigenvalue weighted by Gasteiger charge is -2.26. The Kier molecular flexibility index (Phi) is 6.62. The molecule has 0 radical (unpaired) electrons. The molecule has 144 valence electrons. The number of nitro groups is 1. The highest BCUT2D eigenvalue weighted by Gasteiger charge is 2.11. The molecule has 27 heavy (non-hydrogen) atoms. The van der Waals surface area contributed by atoms with Gasteiger partial charge in [0.25, 0.3) is 5.69 Å². The predicted molar refractivity (Wildman–Crippen MR) is 104 cm³/mol. The summed E-state index contributed by atoms with van der Waals surface area (Å²) in [7, 11) is 0. The largest absolute Gasteiger partial charge is 0.492 e. The minimum absolute atomic E-state index is 0.135. The molecule has 0 spiro atoms. The van der Waals surface area contributed by atoms with Crippen LogP contribution in [0.3, 0.4) is 0 Å². The first-order chi connectivity index (χ1) is 13.1. The highest BCUT2D eigenvalue weighted by Crippen LogP contribution is 2.22. The van der Waals surface area contributed by atoms with Gasteiger partial charge in [0, 0.05) is 43.5 Å². The van der Waals surface area contributed by atoms with E-state index in [1.54, 1.807) is 19.1 Å². The van der Waals surface area contributed by atoms with E-state index >= 15 is 0 Å². The summed E-state index contributed by atoms with van der Waals surface area (Å²) < 4.78 is 11.2. The zero-order chi connectivity index (χ0) is 19.1. The maximum Gasteiger partial charge on any atom is 0.272 e. The van der Waals surface area contributed by atoms with Crippen molar-refractivity contribution in [3.63, 3.8) is 0 Å². The number of nitrogens with zero attached hydrogens (tertiary/aromatic N) is 2. The zero-order valence-electron chi connectivity index (χ0n) is 15.5. The summed E-state index contributed by atoms with van der Waals surface area (Å²) in [5, 5.41) is 14.2. The van der Waals surface area contributed by atoms with Crippen molar-refractivity contribution in [1.82, 2.24) is 4.90 Å². The number of ether oxygens (including phenoxy) is 2. The van der Waals surface area contributed by atoms with Gasteiger partial charge in [-0.2, -0.15) is 0 Å². The Morgan fingerprint density at radius 2 is 2.04 bits per heavy atom. The van der Waals surface area contributed by atoms with E-state index in [2.05, 4.69) is 10.2 Å². The monoisotopic (exact) mass is 371 g/mol. The van der Waals surface area contributed by atoms with Gasteiger partial charge in [0.2, 0.25) is 0 Å². The highest BCUT2D eigenvalue weighted by molar-refractivity contribution is 5.53. The molecule has 0 aromatic heterocycles. The summed E-state index contributed by atoms with van der Waals surface area (Å²) in [5.41, 5.74) is 2.73. The molecule has 2 aromatic rings. The summed E-state index contributed by atoms with van der Waals surface area (Å²) >= 11 is 0. The molecule has 0 unspecified atom stereocenters. The van der Waals surface area contributed by atoms with Crippen LogP contribution in [0.15, 0.2) is 42.5 Å². The molecular formula is C20H25N3O4. The normalized spacial score (nSPS) is 14.7. The molecule has 1 saturated heterocycles. The second-order valence-electron chi connectivity index (χ2n) is 6.56. The lowest BCUT2D eigenvalue weighted by molar-refractivity contribution is -0.385. The van der Waals surface area contributed by atoms with Crippen LogP contribution >= 0.6 is 0 Å². The fraction of sp³-hybridized carbons (Fsp3) is 0.400. The number of aryl methyl sites for hydroxylation is 1. The van der Waals surface area contributed by atoms with Gasteiger partial charge in [-0.05, 0) is 36.8 Å². The molecule has 1 aliphatic rings. The second kappa shape index (κ2) is 9.34. The van der Waals surface area contributed by atoms with Gasteiger partial charge in [-0.25, -0.2) is 0 Å². The zero-order valence-corrected chi connectivity index (χ0v) is 15.5. The quantitative estimate of drug-likeness (QED) is 0.567. The number of morpholine rings is 1. The van der Waals surface area contributed by atoms with Crippen LogP contribution in [0, 0.1) is 17.0 Å². The van der Waals surface area contributed by atoms with E-state index in [1.807, 2.05) is 24.3 Å². The van der Waals surface area contributed by atoms with Gasteiger partial charge in [0.15, 0.2) is 0 Å². The minimum Gasteiger partial charge on any atom is -0.492 e. The molecule has 1 fully saturated rings. The number of rotatable bonds is 8. The van der Waals surface area contributed by atoms with Gasteiger partial charge in [0.05, 0.1) is 18.1 Å². The summed E-state index contributed by atoms with van der Waals surface area (Å²) in [6.07, 6.45) is 0. The van der Waals surface area contributed by atoms with Crippen LogP contribution in [-0.2, 0) is 11.3 Å². The van der Waals surface area contributed by atoms with E-state index in [0.29, 0.717) is 18.7 Å². The Labute approximate surface area is 159 Å². The third-order valence-corrected chi connectivity index (χ3v) is 4.57. The molecular weight excluding hydrogens is 346 g/mol. The lowest BCUT2D eigenvalue weighted by atomic mass is 10.1. The Morgan fingerprint density at radius 3 is 2.78 bits per heavy atom. The molecule has 1 heterocycles. The summed E-state index contributed by atoms with van der Waals surface area (Å²) in [4.78, 5) is 12.9. The smallest absolute Gasteiger partial charge is 0.272 e. The SMILES string of the molecule is Cc1cc(NCc2cccc(OCCN3CCOCC3)c2)ccc1[N+](=O)[O-]. The van der Waals surface area contributed by atoms with E-state index in [1.165, 1.54) is 6.07 Å². The van der Waals surface area contributed by atoms with Crippen LogP contribution in [0.1, 0.15) is 11.1 Å². The number of benzene rings is 2. The van der Waals surface area contributed by atoms with Crippen molar-refractivity contribution >= 4 is 11.4 Å². The maximum atomic E-state index is 10.9. The van der Waals surface area contributed by atoms with E-state index in [-0.39, 0.29) is 10.6 Å². The molecule has 3 rings (SSSR count). The van der Waals surface area contributed by atoms with Crippen molar-refractivity contribution in [3.8, 4) is 5.75 Å². The molecule has 1 aliphatic heterocycles. The first kappa shape index (κ1) is 19.1. The van der Waals surface area contributed by atoms with Crippen molar-refractivity contribution < 1.29 is 14.4 Å². The molecule has 1 N–H and O–H groups in total. The average molecular weight is 371 g/mol. The van der Waals surface area contributed by atoms with Gasteiger partial charge >= 0.3 is 0 Å². The van der Waals surface area contributed by atoms with Crippen molar-refractivity contribution in [2.45, 2.75) is 13.5 Å². The Hall–Kier alpha value is -2.64. The van der Waals surface area contributed by atoms with Gasteiger partial charge in [-0.3, -0.25) is 15.0 Å². The molecule has 7 nitrogen and oxygen atoms in total. The average Bonchev–Trinajstić information content (AvgIpc) is 2.67. The Morgan fingerprint density at radius 1 is 1.22 bits per heavy atom. The van der Waals surface area contributed by atoms with Crippen LogP contribution < -0.4 is 10.1 Å². The fourth-order valence-electron chi connectivity index (χ4n) is 3.04. The Balaban J connectivity index is 1.50. The van der Waals surface area contributed by atoms with Crippen molar-refractivity contribution in [2.24, 2.45) is 0 Å². The predicted octanol–water partition coefficient (Wildman–Crippen LogP) is 3.23. The van der Waals surface area contributed by atoms with Crippen molar-refractivity contribution in [3.05, 3.63) is 63.7 Å². The van der Waals surface area contributed by atoms with E-state index in [4.69, 9.17) is 9.47 Å². The first-order valence-corrected chi connectivity index (χ1v) is 9.12. The molecule has 0 bridgehead atoms. The number of hydrogen-bond acceptors (Lipinski definition) is 6. The third-order valence-electron chi connectivity index (χ3n) is 4.57. The summed E-state index contributed by atoms with van der Waals surface area (Å²) in [6, 6.07) is 13.0. The van der Waals surface area contributed by atoms with Crippen molar-refractivity contribution in [2.75, 3.05) is 44.8 Å². The molecule has 7 heteroatoms. The summed E-state index contributed by atoms with van der Waals surface area (Å²) in [6.45, 7) is 7.42. The van der Waals surface area contributed by atoms with Crippen LogP contribution in [0.5, 0.6) is 5.75 Å². The van der Waals surface area contributed by atoms with Gasteiger partial charge in [0.1, 0.15) is 12.4 Å². The fourth-order valence-corrected chi connectivity index (χ4v) is 3.04. The molecule has 0 aliphatic carbocycles. The number of anilines is 1. The van der Waals surface area contributed by atoms with Crippen LogP contribution in [0.25, 0.3) is 0 Å². The summed E-state index contributed by atoms with van der Waals surface area (Å²) in [5.74, 6) is 0.849. The standard InChI is InChI=1S/C20H25N3O4/c1-16-13-18(5-6-20(16)23(24)25)21-15-17-3-2-4-19(14-17)27-12-9-22-7-10-26-11-8-22/h2-6,13-14,21H,7-12,15H2,1H3. The van der Waals surface area contributed by atoms with E-state index < -0.39 is 0 Å². The number of nitrogens with one attached hydrogen (secondary N) is 1. The highest BCUT2D eigenvalue weighted by atomic mass is 16.6.